The maximum absolute atomic E-state index is 0. The summed E-state index contributed by atoms with van der Waals surface area (Å²) in [6.45, 7) is 0. The van der Waals surface area contributed by atoms with Crippen LogP contribution in [0.25, 0.3) is 0 Å². The summed E-state index contributed by atoms with van der Waals surface area (Å²) in [6.07, 6.45) is 0. The van der Waals surface area contributed by atoms with Crippen molar-refractivity contribution in [3.63, 3.8) is 0 Å². The van der Waals surface area contributed by atoms with Crippen LogP contribution in [0.4, 0.5) is 0 Å². The van der Waals surface area contributed by atoms with Gasteiger partial charge in [0.2, 0.25) is 0 Å². The molecule has 0 aliphatic carbocycles. The quantitative estimate of drug-likeness (QED) is 0.424. The Kier molecular flexibility index (Phi) is 151. The molecule has 0 saturated carbocycles. The van der Waals surface area contributed by atoms with Crippen molar-refractivity contribution in [1.82, 2.24) is 0 Å². The van der Waals surface area contributed by atoms with E-state index in [-0.39, 0.29) is 74.8 Å². The van der Waals surface area contributed by atoms with Gasteiger partial charge in [0, 0.05) is 33.6 Å². The van der Waals surface area contributed by atoms with E-state index in [0.717, 1.165) is 0 Å². The molecule has 35 valence electrons. The van der Waals surface area contributed by atoms with Crippen LogP contribution in [0.3, 0.4) is 0 Å². The molecule has 0 heterocycles. The summed E-state index contributed by atoms with van der Waals surface area (Å²) in [5, 5.41) is 0. The second-order valence-electron chi connectivity index (χ2n) is 0. The third-order valence-electron chi connectivity index (χ3n) is 0. The van der Waals surface area contributed by atoms with E-state index in [0.29, 0.717) is 0 Å². The van der Waals surface area contributed by atoms with Gasteiger partial charge in [0.15, 0.2) is 17.4 Å². The van der Waals surface area contributed by atoms with Crippen molar-refractivity contribution in [2.24, 2.45) is 0 Å². The van der Waals surface area contributed by atoms with Crippen LogP contribution in [0.1, 0.15) is 0 Å². The zero-order valence-electron chi connectivity index (χ0n) is 0.618. The minimum absolute atomic E-state index is 0. The Morgan fingerprint density at radius 2 is 1.00 bits per heavy atom. The van der Waals surface area contributed by atoms with Crippen LogP contribution >= 0.6 is 0 Å². The normalized spacial score (nSPS) is 0. The fourth-order valence-corrected chi connectivity index (χ4v) is 0. The van der Waals surface area contributed by atoms with Crippen LogP contribution in [0, 0.1) is 0 Å². The van der Waals surface area contributed by atoms with E-state index < -0.39 is 0 Å². The first-order chi connectivity index (χ1) is 0. The SMILES string of the molecule is [AlH3].[Cu].[Ni].[SnH4]. The summed E-state index contributed by atoms with van der Waals surface area (Å²) in [5.41, 5.74) is 0. The van der Waals surface area contributed by atoms with E-state index in [9.17, 15) is 0 Å². The topological polar surface area (TPSA) is 0 Å². The first kappa shape index (κ1) is 33.0. The standard InChI is InChI=1S/Al.Cu.Ni.Sn.7H. The van der Waals surface area contributed by atoms with Crippen molar-refractivity contribution >= 4 is 41.3 Å². The molecule has 0 aromatic rings. The Hall–Kier alpha value is 2.34. The third-order valence-corrected chi connectivity index (χ3v) is 0. The third kappa shape index (κ3) is 8.84. The number of hydrogen-bond donors (Lipinski definition) is 0. The van der Waals surface area contributed by atoms with E-state index in [1.165, 1.54) is 0 Å². The molecule has 0 saturated heterocycles. The molecule has 0 unspecified atom stereocenters. The molecule has 0 N–H and O–H groups in total. The molecule has 0 nitrogen and oxygen atoms in total. The van der Waals surface area contributed by atoms with E-state index in [1.54, 1.807) is 0 Å². The Bertz CT molecular complexity index is 8.00. The Morgan fingerprint density at radius 3 is 1.00 bits per heavy atom. The average molecular weight is 275 g/mol. The molecular formula is H7AlCuNiSn. The number of rotatable bonds is 0. The number of hydrogen-bond acceptors (Lipinski definition) is 0. The van der Waals surface area contributed by atoms with Crippen LogP contribution in [0.5, 0.6) is 0 Å². The van der Waals surface area contributed by atoms with Gasteiger partial charge in [-0.15, -0.1) is 0 Å². The zero-order valence-corrected chi connectivity index (χ0v) is 2.55. The Balaban J connectivity index is 0. The van der Waals surface area contributed by atoms with Crippen LogP contribution in [-0.4, -0.2) is 41.3 Å². The predicted octanol–water partition coefficient (Wildman–Crippen LogP) is -2.64. The van der Waals surface area contributed by atoms with E-state index >= 15 is 0 Å². The molecule has 4 heavy (non-hydrogen) atoms. The van der Waals surface area contributed by atoms with Crippen LogP contribution in [0.15, 0.2) is 0 Å². The van der Waals surface area contributed by atoms with Crippen molar-refractivity contribution in [3.8, 4) is 0 Å². The first-order valence-electron chi connectivity index (χ1n) is 0. The fraction of sp³-hybridized carbons (Fsp3) is 0. The van der Waals surface area contributed by atoms with Gasteiger partial charge in [0.1, 0.15) is 0 Å². The molecule has 0 atom stereocenters. The first-order valence-corrected chi connectivity index (χ1v) is 0. The molecule has 0 rings (SSSR count). The molecule has 0 bridgehead atoms. The van der Waals surface area contributed by atoms with Crippen LogP contribution < -0.4 is 0 Å². The molecule has 0 aromatic carbocycles. The minimum atomic E-state index is 0. The van der Waals surface area contributed by atoms with Crippen LogP contribution in [-0.2, 0) is 33.6 Å². The molecule has 0 aliphatic rings. The molecular weight excluding hydrogens is 268 g/mol. The van der Waals surface area contributed by atoms with Crippen LogP contribution in [0.2, 0.25) is 0 Å². The van der Waals surface area contributed by atoms with Crippen molar-refractivity contribution in [3.05, 3.63) is 0 Å². The predicted molar refractivity (Wildman–Crippen MR) is 21.3 cm³/mol. The monoisotopic (exact) mass is 275 g/mol. The van der Waals surface area contributed by atoms with Gasteiger partial charge in [-0.2, -0.15) is 0 Å². The molecule has 1 radical (unpaired) electrons. The summed E-state index contributed by atoms with van der Waals surface area (Å²) in [6, 6.07) is 0. The van der Waals surface area contributed by atoms with Gasteiger partial charge in [0.25, 0.3) is 0 Å². The summed E-state index contributed by atoms with van der Waals surface area (Å²) in [7, 11) is 0. The second-order valence-corrected chi connectivity index (χ2v) is 0. The molecule has 0 spiro atoms. The van der Waals surface area contributed by atoms with Crippen molar-refractivity contribution in [2.45, 2.75) is 0 Å². The van der Waals surface area contributed by atoms with Gasteiger partial charge in [0.05, 0.1) is 0 Å². The van der Waals surface area contributed by atoms with Gasteiger partial charge in [-0.25, -0.2) is 0 Å². The zero-order chi connectivity index (χ0) is 0. The van der Waals surface area contributed by atoms with E-state index in [2.05, 4.69) is 0 Å². The maximum atomic E-state index is 0. The molecule has 0 aliphatic heterocycles. The molecule has 0 amide bonds. The van der Waals surface area contributed by atoms with Crippen molar-refractivity contribution < 1.29 is 33.6 Å². The van der Waals surface area contributed by atoms with Crippen molar-refractivity contribution in [1.29, 1.82) is 0 Å². The Morgan fingerprint density at radius 1 is 1.00 bits per heavy atom. The average Bonchev–Trinajstić information content (AvgIpc) is 0. The van der Waals surface area contributed by atoms with Gasteiger partial charge in [-0.05, 0) is 0 Å². The van der Waals surface area contributed by atoms with E-state index in [4.69, 9.17) is 0 Å². The molecule has 4 heteroatoms. The second kappa shape index (κ2) is 18.4. The summed E-state index contributed by atoms with van der Waals surface area (Å²) in [5.74, 6) is 0. The fourth-order valence-electron chi connectivity index (χ4n) is 0. The summed E-state index contributed by atoms with van der Waals surface area (Å²) in [4.78, 5) is 0. The molecule has 0 fully saturated rings. The Labute approximate surface area is 74.0 Å². The van der Waals surface area contributed by atoms with Crippen molar-refractivity contribution in [2.75, 3.05) is 0 Å². The van der Waals surface area contributed by atoms with Gasteiger partial charge in [-0.3, -0.25) is 0 Å². The van der Waals surface area contributed by atoms with Gasteiger partial charge < -0.3 is 0 Å². The summed E-state index contributed by atoms with van der Waals surface area (Å²) < 4.78 is 0. The van der Waals surface area contributed by atoms with Gasteiger partial charge in [-0.1, -0.05) is 0 Å². The molecule has 0 aromatic heterocycles. The summed E-state index contributed by atoms with van der Waals surface area (Å²) >= 11 is 0. The van der Waals surface area contributed by atoms with E-state index in [1.807, 2.05) is 0 Å². The van der Waals surface area contributed by atoms with Gasteiger partial charge >= 0.3 is 23.9 Å².